The van der Waals surface area contributed by atoms with Gasteiger partial charge in [0.25, 0.3) is 0 Å². The number of amides is 1. The molecule has 170 valence electrons. The van der Waals surface area contributed by atoms with Gasteiger partial charge in [-0.2, -0.15) is 13.2 Å². The van der Waals surface area contributed by atoms with E-state index in [9.17, 15) is 37.1 Å². The van der Waals surface area contributed by atoms with Crippen LogP contribution in [0.15, 0.2) is 0 Å². The van der Waals surface area contributed by atoms with Gasteiger partial charge in [-0.15, -0.1) is 0 Å². The minimum Gasteiger partial charge on any atom is -0.463 e. The second kappa shape index (κ2) is 10.2. The average Bonchev–Trinajstić information content (AvgIpc) is 2.56. The molecule has 1 fully saturated rings. The van der Waals surface area contributed by atoms with Gasteiger partial charge in [-0.3, -0.25) is 24.0 Å². The first-order chi connectivity index (χ1) is 13.7. The second-order valence-corrected chi connectivity index (χ2v) is 6.10. The van der Waals surface area contributed by atoms with E-state index >= 15 is 0 Å². The van der Waals surface area contributed by atoms with Crippen LogP contribution in [0.25, 0.3) is 0 Å². The summed E-state index contributed by atoms with van der Waals surface area (Å²) in [5.74, 6) is -6.20. The third-order valence-electron chi connectivity index (χ3n) is 3.54. The van der Waals surface area contributed by atoms with E-state index in [4.69, 9.17) is 23.7 Å². The van der Waals surface area contributed by atoms with E-state index in [0.717, 1.165) is 27.7 Å². The van der Waals surface area contributed by atoms with E-state index in [1.54, 1.807) is 0 Å². The molecule has 1 rings (SSSR count). The standard InChI is InChI=1S/C16H20F3NO10/c1-6(21)26-5-10-12(27-7(2)22)13(28-8(3)23)11(14(30-10)29-9(4)24)20-15(25)16(17,18)19/h10-14H,5H2,1-4H3,(H,20,25)/t10?,11-,12-,13?,14?/m1/s1. The van der Waals surface area contributed by atoms with Crippen LogP contribution in [0.2, 0.25) is 0 Å². The Bertz CT molecular complexity index is 695. The lowest BCUT2D eigenvalue weighted by Crippen LogP contribution is -2.67. The summed E-state index contributed by atoms with van der Waals surface area (Å²) in [7, 11) is 0. The summed E-state index contributed by atoms with van der Waals surface area (Å²) in [6.07, 6.45) is -12.0. The zero-order valence-corrected chi connectivity index (χ0v) is 16.3. The molecular formula is C16H20F3NO10. The normalized spacial score (nSPS) is 26.2. The lowest BCUT2D eigenvalue weighted by molar-refractivity contribution is -0.272. The fraction of sp³-hybridized carbons (Fsp3) is 0.688. The summed E-state index contributed by atoms with van der Waals surface area (Å²) in [4.78, 5) is 57.0. The van der Waals surface area contributed by atoms with Gasteiger partial charge in [0.2, 0.25) is 6.29 Å². The minimum atomic E-state index is -5.34. The van der Waals surface area contributed by atoms with Gasteiger partial charge in [-0.25, -0.2) is 0 Å². The molecule has 0 aliphatic carbocycles. The predicted molar refractivity (Wildman–Crippen MR) is 86.2 cm³/mol. The van der Waals surface area contributed by atoms with Gasteiger partial charge in [-0.1, -0.05) is 0 Å². The number of hydrogen-bond acceptors (Lipinski definition) is 10. The third kappa shape index (κ3) is 7.50. The number of ether oxygens (including phenoxy) is 5. The molecule has 0 aromatic rings. The SMILES string of the molecule is CC(=O)OCC1OC(OC(C)=O)[C@H](NC(=O)C(F)(F)F)C(OC(C)=O)[C@@H]1OC(C)=O. The van der Waals surface area contributed by atoms with Crippen molar-refractivity contribution in [3.63, 3.8) is 0 Å². The number of esters is 4. The van der Waals surface area contributed by atoms with Crippen molar-refractivity contribution >= 4 is 29.8 Å². The molecule has 14 heteroatoms. The molecular weight excluding hydrogens is 423 g/mol. The van der Waals surface area contributed by atoms with Crippen molar-refractivity contribution in [3.05, 3.63) is 0 Å². The van der Waals surface area contributed by atoms with Gasteiger partial charge in [0.1, 0.15) is 18.8 Å². The first-order valence-corrected chi connectivity index (χ1v) is 8.40. The van der Waals surface area contributed by atoms with E-state index in [-0.39, 0.29) is 0 Å². The number of nitrogens with one attached hydrogen (secondary N) is 1. The number of hydrogen-bond donors (Lipinski definition) is 1. The van der Waals surface area contributed by atoms with Crippen molar-refractivity contribution in [1.29, 1.82) is 0 Å². The molecule has 0 radical (unpaired) electrons. The lowest BCUT2D eigenvalue weighted by Gasteiger charge is -2.44. The van der Waals surface area contributed by atoms with Gasteiger partial charge in [-0.05, 0) is 0 Å². The average molecular weight is 443 g/mol. The molecule has 0 saturated carbocycles. The second-order valence-electron chi connectivity index (χ2n) is 6.10. The quantitative estimate of drug-likeness (QED) is 0.431. The maximum absolute atomic E-state index is 12.8. The largest absolute Gasteiger partial charge is 0.471 e. The summed E-state index contributed by atoms with van der Waals surface area (Å²) < 4.78 is 63.2. The van der Waals surface area contributed by atoms with Crippen molar-refractivity contribution in [2.45, 2.75) is 64.5 Å². The van der Waals surface area contributed by atoms with Gasteiger partial charge < -0.3 is 29.0 Å². The summed E-state index contributed by atoms with van der Waals surface area (Å²) >= 11 is 0. The number of alkyl halides is 3. The Labute approximate surface area is 168 Å². The van der Waals surface area contributed by atoms with Crippen LogP contribution in [0.3, 0.4) is 0 Å². The fourth-order valence-electron chi connectivity index (χ4n) is 2.55. The molecule has 0 aromatic heterocycles. The van der Waals surface area contributed by atoms with Crippen LogP contribution in [0, 0.1) is 0 Å². The number of rotatable bonds is 6. The smallest absolute Gasteiger partial charge is 0.463 e. The molecule has 3 unspecified atom stereocenters. The zero-order valence-electron chi connectivity index (χ0n) is 16.3. The summed E-state index contributed by atoms with van der Waals surface area (Å²) in [6.45, 7) is 3.22. The number of carbonyl (C=O) groups excluding carboxylic acids is 5. The molecule has 1 aliphatic heterocycles. The van der Waals surface area contributed by atoms with Crippen molar-refractivity contribution in [1.82, 2.24) is 5.32 Å². The first kappa shape index (κ1) is 25.1. The Morgan fingerprint density at radius 2 is 1.33 bits per heavy atom. The topological polar surface area (TPSA) is 144 Å². The van der Waals surface area contributed by atoms with E-state index in [2.05, 4.69) is 0 Å². The van der Waals surface area contributed by atoms with E-state index in [1.807, 2.05) is 0 Å². The van der Waals surface area contributed by atoms with Gasteiger partial charge in [0, 0.05) is 27.7 Å². The molecule has 1 N–H and O–H groups in total. The molecule has 5 atom stereocenters. The van der Waals surface area contributed by atoms with Crippen molar-refractivity contribution in [2.75, 3.05) is 6.61 Å². The summed E-state index contributed by atoms with van der Waals surface area (Å²) in [5, 5.41) is 1.52. The van der Waals surface area contributed by atoms with Gasteiger partial charge in [0.15, 0.2) is 12.2 Å². The molecule has 11 nitrogen and oxygen atoms in total. The molecule has 0 aromatic carbocycles. The van der Waals surface area contributed by atoms with Crippen LogP contribution in [0.4, 0.5) is 13.2 Å². The lowest BCUT2D eigenvalue weighted by atomic mass is 9.96. The van der Waals surface area contributed by atoms with Crippen molar-refractivity contribution < 1.29 is 60.8 Å². The number of carbonyl (C=O) groups is 5. The Hall–Kier alpha value is -2.90. The highest BCUT2D eigenvalue weighted by molar-refractivity contribution is 5.82. The van der Waals surface area contributed by atoms with Crippen molar-refractivity contribution in [2.24, 2.45) is 0 Å². The highest BCUT2D eigenvalue weighted by atomic mass is 19.4. The fourth-order valence-corrected chi connectivity index (χ4v) is 2.55. The Morgan fingerprint density at radius 3 is 1.77 bits per heavy atom. The van der Waals surface area contributed by atoms with Crippen LogP contribution in [0.5, 0.6) is 0 Å². The third-order valence-corrected chi connectivity index (χ3v) is 3.54. The van der Waals surface area contributed by atoms with Crippen molar-refractivity contribution in [3.8, 4) is 0 Å². The minimum absolute atomic E-state index is 0.594. The summed E-state index contributed by atoms with van der Waals surface area (Å²) in [6, 6.07) is -1.91. The van der Waals surface area contributed by atoms with Gasteiger partial charge >= 0.3 is 36.0 Å². The number of halogens is 3. The van der Waals surface area contributed by atoms with Crippen LogP contribution in [0.1, 0.15) is 27.7 Å². The first-order valence-electron chi connectivity index (χ1n) is 8.40. The summed E-state index contributed by atoms with van der Waals surface area (Å²) in [5.41, 5.74) is 0. The molecule has 1 aliphatic rings. The molecule has 30 heavy (non-hydrogen) atoms. The molecule has 1 amide bonds. The Balaban J connectivity index is 3.39. The Kier molecular flexibility index (Phi) is 8.57. The molecule has 0 bridgehead atoms. The van der Waals surface area contributed by atoms with E-state index in [1.165, 1.54) is 5.32 Å². The predicted octanol–water partition coefficient (Wildman–Crippen LogP) is -0.252. The molecule has 0 spiro atoms. The molecule has 1 heterocycles. The van der Waals surface area contributed by atoms with Crippen LogP contribution in [-0.2, 0) is 47.7 Å². The maximum Gasteiger partial charge on any atom is 0.471 e. The van der Waals surface area contributed by atoms with E-state index < -0.39 is 73.2 Å². The van der Waals surface area contributed by atoms with Gasteiger partial charge in [0.05, 0.1) is 0 Å². The highest BCUT2D eigenvalue weighted by Crippen LogP contribution is 2.29. The van der Waals surface area contributed by atoms with Crippen LogP contribution >= 0.6 is 0 Å². The Morgan fingerprint density at radius 1 is 0.833 bits per heavy atom. The maximum atomic E-state index is 12.8. The molecule has 1 saturated heterocycles. The van der Waals surface area contributed by atoms with Crippen LogP contribution < -0.4 is 5.32 Å². The highest BCUT2D eigenvalue weighted by Gasteiger charge is 2.54. The zero-order chi connectivity index (χ0) is 23.2. The van der Waals surface area contributed by atoms with E-state index in [0.29, 0.717) is 0 Å². The van der Waals surface area contributed by atoms with Crippen LogP contribution in [-0.4, -0.2) is 73.2 Å². The monoisotopic (exact) mass is 443 g/mol.